The van der Waals surface area contributed by atoms with Crippen molar-refractivity contribution in [1.82, 2.24) is 5.32 Å². The molecule has 0 radical (unpaired) electrons. The monoisotopic (exact) mass is 251 g/mol. The summed E-state index contributed by atoms with van der Waals surface area (Å²) in [4.78, 5) is 12.0. The van der Waals surface area contributed by atoms with E-state index >= 15 is 0 Å². The van der Waals surface area contributed by atoms with Crippen molar-refractivity contribution in [1.29, 1.82) is 0 Å². The topological polar surface area (TPSA) is 38.3 Å². The van der Waals surface area contributed by atoms with Gasteiger partial charge < -0.3 is 10.1 Å². The number of rotatable bonds is 3. The Bertz CT molecular complexity index is 442. The Hall–Kier alpha value is -1.42. The third kappa shape index (κ3) is 2.25. The number of carbonyl (C=O) groups excluding carboxylic acids is 1. The molecule has 1 aromatic rings. The van der Waals surface area contributed by atoms with Gasteiger partial charge in [0.05, 0.1) is 6.10 Å². The number of carbonyl (C=O) groups is 1. The molecule has 18 heavy (non-hydrogen) atoms. The zero-order chi connectivity index (χ0) is 13.3. The number of benzene rings is 1. The van der Waals surface area contributed by atoms with Crippen molar-refractivity contribution in [3.8, 4) is 0 Å². The lowest BCUT2D eigenvalue weighted by Gasteiger charge is -2.51. The molecule has 3 nitrogen and oxygen atoms in total. The van der Waals surface area contributed by atoms with Crippen LogP contribution in [0.1, 0.15) is 30.6 Å². The van der Waals surface area contributed by atoms with Crippen molar-refractivity contribution in [2.45, 2.75) is 32.4 Å². The average Bonchev–Trinajstić information content (AvgIpc) is 2.34. The highest BCUT2D eigenvalue weighted by Gasteiger charge is 2.49. The molecule has 98 valence electrons. The van der Waals surface area contributed by atoms with Gasteiger partial charge in [-0.15, -0.1) is 0 Å². The van der Waals surface area contributed by atoms with Crippen molar-refractivity contribution < 1.29 is 13.9 Å². The van der Waals surface area contributed by atoms with Gasteiger partial charge in [0.15, 0.2) is 0 Å². The summed E-state index contributed by atoms with van der Waals surface area (Å²) in [6.07, 6.45) is 0.993. The van der Waals surface area contributed by atoms with Crippen LogP contribution in [-0.2, 0) is 4.74 Å². The summed E-state index contributed by atoms with van der Waals surface area (Å²) in [5, 5.41) is 2.97. The fraction of sp³-hybridized carbons (Fsp3) is 0.500. The van der Waals surface area contributed by atoms with Crippen LogP contribution in [0.15, 0.2) is 24.3 Å². The summed E-state index contributed by atoms with van der Waals surface area (Å²) < 4.78 is 18.1. The molecule has 2 rings (SSSR count). The molecule has 1 N–H and O–H groups in total. The van der Waals surface area contributed by atoms with Gasteiger partial charge in [0.25, 0.3) is 5.91 Å². The second-order valence-corrected chi connectivity index (χ2v) is 5.31. The van der Waals surface area contributed by atoms with E-state index in [4.69, 9.17) is 4.74 Å². The Morgan fingerprint density at radius 2 is 2.00 bits per heavy atom. The van der Waals surface area contributed by atoms with Crippen LogP contribution in [0.5, 0.6) is 0 Å². The first kappa shape index (κ1) is 13.0. The van der Waals surface area contributed by atoms with E-state index in [9.17, 15) is 9.18 Å². The van der Waals surface area contributed by atoms with Crippen molar-refractivity contribution in [2.24, 2.45) is 5.41 Å². The second kappa shape index (κ2) is 4.69. The van der Waals surface area contributed by atoms with Crippen LogP contribution in [0.2, 0.25) is 0 Å². The third-order valence-corrected chi connectivity index (χ3v) is 3.87. The Morgan fingerprint density at radius 1 is 1.39 bits per heavy atom. The number of halogens is 1. The highest BCUT2D eigenvalue weighted by molar-refractivity contribution is 5.94. The fourth-order valence-corrected chi connectivity index (χ4v) is 2.37. The summed E-state index contributed by atoms with van der Waals surface area (Å²) in [6.45, 7) is 4.14. The first-order valence-electron chi connectivity index (χ1n) is 6.04. The molecule has 1 amide bonds. The molecule has 1 fully saturated rings. The van der Waals surface area contributed by atoms with E-state index < -0.39 is 0 Å². The van der Waals surface area contributed by atoms with Crippen molar-refractivity contribution in [3.05, 3.63) is 35.6 Å². The molecule has 1 saturated carbocycles. The fourth-order valence-electron chi connectivity index (χ4n) is 2.37. The Balaban J connectivity index is 1.99. The van der Waals surface area contributed by atoms with E-state index in [-0.39, 0.29) is 29.3 Å². The van der Waals surface area contributed by atoms with Crippen LogP contribution in [-0.4, -0.2) is 25.2 Å². The maximum atomic E-state index is 12.8. The average molecular weight is 251 g/mol. The van der Waals surface area contributed by atoms with Gasteiger partial charge in [-0.1, -0.05) is 13.8 Å². The minimum absolute atomic E-state index is 0.0650. The Morgan fingerprint density at radius 3 is 2.50 bits per heavy atom. The molecule has 0 bridgehead atoms. The predicted octanol–water partition coefficient (Wildman–Crippen LogP) is 2.37. The van der Waals surface area contributed by atoms with Crippen LogP contribution in [0, 0.1) is 11.2 Å². The standard InChI is InChI=1S/C14H18FNO2/c1-14(2)11(8-12(14)18-3)16-13(17)9-4-6-10(15)7-5-9/h4-7,11-12H,8H2,1-3H3,(H,16,17). The number of hydrogen-bond donors (Lipinski definition) is 1. The summed E-state index contributed by atoms with van der Waals surface area (Å²) >= 11 is 0. The molecule has 0 saturated heterocycles. The SMILES string of the molecule is COC1CC(NC(=O)c2ccc(F)cc2)C1(C)C. The molecule has 2 atom stereocenters. The zero-order valence-corrected chi connectivity index (χ0v) is 10.9. The van der Waals surface area contributed by atoms with Crippen molar-refractivity contribution in [3.63, 3.8) is 0 Å². The second-order valence-electron chi connectivity index (χ2n) is 5.31. The van der Waals surface area contributed by atoms with Crippen LogP contribution in [0.3, 0.4) is 0 Å². The number of amides is 1. The molecule has 0 heterocycles. The molecule has 1 aromatic carbocycles. The number of hydrogen-bond acceptors (Lipinski definition) is 2. The lowest BCUT2D eigenvalue weighted by atomic mass is 9.64. The molecular weight excluding hydrogens is 233 g/mol. The van der Waals surface area contributed by atoms with Gasteiger partial charge in [-0.25, -0.2) is 4.39 Å². The zero-order valence-electron chi connectivity index (χ0n) is 10.9. The molecule has 0 aromatic heterocycles. The van der Waals surface area contributed by atoms with Crippen LogP contribution >= 0.6 is 0 Å². The number of nitrogens with one attached hydrogen (secondary N) is 1. The molecule has 0 aliphatic heterocycles. The lowest BCUT2D eigenvalue weighted by Crippen LogP contribution is -2.61. The van der Waals surface area contributed by atoms with Gasteiger partial charge >= 0.3 is 0 Å². The van der Waals surface area contributed by atoms with Crippen LogP contribution in [0.4, 0.5) is 4.39 Å². The molecule has 1 aliphatic carbocycles. The third-order valence-electron chi connectivity index (χ3n) is 3.87. The molecular formula is C14H18FNO2. The number of methoxy groups -OCH3 is 1. The number of ether oxygens (including phenoxy) is 1. The smallest absolute Gasteiger partial charge is 0.251 e. The Labute approximate surface area is 106 Å². The van der Waals surface area contributed by atoms with Crippen LogP contribution in [0.25, 0.3) is 0 Å². The lowest BCUT2D eigenvalue weighted by molar-refractivity contribution is -0.0942. The van der Waals surface area contributed by atoms with Crippen molar-refractivity contribution >= 4 is 5.91 Å². The quantitative estimate of drug-likeness (QED) is 0.895. The van der Waals surface area contributed by atoms with Gasteiger partial charge in [-0.2, -0.15) is 0 Å². The van der Waals surface area contributed by atoms with Gasteiger partial charge in [-0.05, 0) is 30.7 Å². The van der Waals surface area contributed by atoms with Crippen molar-refractivity contribution in [2.75, 3.05) is 7.11 Å². The van der Waals surface area contributed by atoms with Crippen LogP contribution < -0.4 is 5.32 Å². The minimum Gasteiger partial charge on any atom is -0.381 e. The first-order chi connectivity index (χ1) is 8.45. The molecule has 4 heteroatoms. The molecule has 0 spiro atoms. The predicted molar refractivity (Wildman–Crippen MR) is 66.8 cm³/mol. The summed E-state index contributed by atoms with van der Waals surface area (Å²) in [5.74, 6) is -0.502. The summed E-state index contributed by atoms with van der Waals surface area (Å²) in [5.41, 5.74) is 0.415. The van der Waals surface area contributed by atoms with E-state index in [0.29, 0.717) is 5.56 Å². The molecule has 1 aliphatic rings. The minimum atomic E-state index is -0.338. The summed E-state index contributed by atoms with van der Waals surface area (Å²) in [6, 6.07) is 5.66. The van der Waals surface area contributed by atoms with E-state index in [1.165, 1.54) is 24.3 Å². The van der Waals surface area contributed by atoms with E-state index in [2.05, 4.69) is 19.2 Å². The summed E-state index contributed by atoms with van der Waals surface area (Å²) in [7, 11) is 1.68. The molecule has 2 unspecified atom stereocenters. The first-order valence-corrected chi connectivity index (χ1v) is 6.04. The maximum absolute atomic E-state index is 12.8. The van der Waals surface area contributed by atoms with E-state index in [1.807, 2.05) is 0 Å². The normalized spacial score (nSPS) is 25.3. The maximum Gasteiger partial charge on any atom is 0.251 e. The Kier molecular flexibility index (Phi) is 3.39. The largest absolute Gasteiger partial charge is 0.381 e. The highest BCUT2D eigenvalue weighted by atomic mass is 19.1. The van der Waals surface area contributed by atoms with Gasteiger partial charge in [0.2, 0.25) is 0 Å². The van der Waals surface area contributed by atoms with Gasteiger partial charge in [0.1, 0.15) is 5.82 Å². The van der Waals surface area contributed by atoms with Gasteiger partial charge in [0, 0.05) is 24.1 Å². The van der Waals surface area contributed by atoms with E-state index in [0.717, 1.165) is 6.42 Å². The van der Waals surface area contributed by atoms with Gasteiger partial charge in [-0.3, -0.25) is 4.79 Å². The highest BCUT2D eigenvalue weighted by Crippen LogP contribution is 2.42. The van der Waals surface area contributed by atoms with E-state index in [1.54, 1.807) is 7.11 Å².